The zero-order valence-corrected chi connectivity index (χ0v) is 18.2. The van der Waals surface area contributed by atoms with E-state index in [-0.39, 0.29) is 6.04 Å². The number of anilines is 4. The Morgan fingerprint density at radius 1 is 1.10 bits per heavy atom. The standard InChI is InChI=1S/C22H24N6O2S/c1-15(26-17-9-10-30-13-17)16-7-8-20(23-12-16)28-22-11-21(24-14-25-22)27-18-5-3-4-6-19(18)31(2)29/h3-8,11-12,14,17H,9-10,13H2,1-2H3,(H2,23,24,25,27,28). The molecular weight excluding hydrogens is 412 g/mol. The number of hydrogen-bond donors (Lipinski definition) is 2. The van der Waals surface area contributed by atoms with Gasteiger partial charge in [-0.1, -0.05) is 12.1 Å². The highest BCUT2D eigenvalue weighted by Crippen LogP contribution is 2.23. The van der Waals surface area contributed by atoms with Gasteiger partial charge in [0.05, 0.1) is 34.0 Å². The van der Waals surface area contributed by atoms with Gasteiger partial charge in [-0.2, -0.15) is 0 Å². The molecule has 1 aromatic carbocycles. The topological polar surface area (TPSA) is 101 Å². The van der Waals surface area contributed by atoms with E-state index in [0.717, 1.165) is 30.0 Å². The Labute approximate surface area is 183 Å². The summed E-state index contributed by atoms with van der Waals surface area (Å²) in [5.41, 5.74) is 2.68. The molecule has 2 aromatic heterocycles. The first-order chi connectivity index (χ1) is 15.1. The molecule has 0 radical (unpaired) electrons. The van der Waals surface area contributed by atoms with Crippen molar-refractivity contribution < 1.29 is 8.95 Å². The number of benzene rings is 1. The predicted molar refractivity (Wildman–Crippen MR) is 123 cm³/mol. The molecule has 0 aliphatic carbocycles. The van der Waals surface area contributed by atoms with Crippen molar-refractivity contribution >= 4 is 39.7 Å². The van der Waals surface area contributed by atoms with Crippen LogP contribution < -0.4 is 10.6 Å². The highest BCUT2D eigenvalue weighted by molar-refractivity contribution is 7.84. The summed E-state index contributed by atoms with van der Waals surface area (Å²) in [6, 6.07) is 13.3. The molecule has 0 spiro atoms. The van der Waals surface area contributed by atoms with Crippen molar-refractivity contribution in [2.24, 2.45) is 4.99 Å². The summed E-state index contributed by atoms with van der Waals surface area (Å²) in [7, 11) is -1.11. The first kappa shape index (κ1) is 21.1. The number of aromatic nitrogens is 3. The molecule has 31 heavy (non-hydrogen) atoms. The maximum Gasteiger partial charge on any atom is 0.137 e. The number of nitrogens with zero attached hydrogens (tertiary/aromatic N) is 4. The Morgan fingerprint density at radius 3 is 2.61 bits per heavy atom. The molecule has 0 saturated carbocycles. The fourth-order valence-corrected chi connectivity index (χ4v) is 3.94. The third kappa shape index (κ3) is 5.50. The van der Waals surface area contributed by atoms with E-state index >= 15 is 0 Å². The van der Waals surface area contributed by atoms with Crippen molar-refractivity contribution in [2.45, 2.75) is 24.3 Å². The van der Waals surface area contributed by atoms with E-state index in [1.807, 2.05) is 43.3 Å². The first-order valence-corrected chi connectivity index (χ1v) is 11.5. The van der Waals surface area contributed by atoms with Gasteiger partial charge in [0.25, 0.3) is 0 Å². The van der Waals surface area contributed by atoms with Gasteiger partial charge in [-0.3, -0.25) is 9.20 Å². The molecular formula is C22H24N6O2S. The zero-order chi connectivity index (χ0) is 21.6. The van der Waals surface area contributed by atoms with Crippen molar-refractivity contribution in [3.05, 3.63) is 60.6 Å². The lowest BCUT2D eigenvalue weighted by molar-refractivity contribution is 0.194. The van der Waals surface area contributed by atoms with Crippen molar-refractivity contribution in [1.29, 1.82) is 0 Å². The first-order valence-electron chi connectivity index (χ1n) is 9.95. The highest BCUT2D eigenvalue weighted by atomic mass is 32.2. The highest BCUT2D eigenvalue weighted by Gasteiger charge is 2.14. The molecule has 3 aromatic rings. The van der Waals surface area contributed by atoms with Crippen LogP contribution in [-0.4, -0.2) is 50.4 Å². The van der Waals surface area contributed by atoms with Crippen LogP contribution in [0.5, 0.6) is 0 Å². The SMILES string of the molecule is CC(=NC1CCOC1)c1ccc(Nc2cc(Nc3ccccc3S(C)=O)ncn2)nc1. The lowest BCUT2D eigenvalue weighted by Crippen LogP contribution is -2.08. The van der Waals surface area contributed by atoms with Gasteiger partial charge in [0, 0.05) is 36.4 Å². The van der Waals surface area contributed by atoms with Crippen molar-refractivity contribution in [3.8, 4) is 0 Å². The Kier molecular flexibility index (Phi) is 6.63. The molecule has 0 amide bonds. The van der Waals surface area contributed by atoms with Crippen LogP contribution in [0.15, 0.2) is 64.9 Å². The van der Waals surface area contributed by atoms with Gasteiger partial charge in [0.2, 0.25) is 0 Å². The van der Waals surface area contributed by atoms with E-state index in [9.17, 15) is 4.21 Å². The molecule has 2 atom stereocenters. The largest absolute Gasteiger partial charge is 0.379 e. The Bertz CT molecular complexity index is 1100. The normalized spacial score (nSPS) is 17.4. The molecule has 2 N–H and O–H groups in total. The fraction of sp³-hybridized carbons (Fsp3) is 0.273. The van der Waals surface area contributed by atoms with Gasteiger partial charge in [0.1, 0.15) is 23.8 Å². The molecule has 1 saturated heterocycles. The zero-order valence-electron chi connectivity index (χ0n) is 17.4. The minimum Gasteiger partial charge on any atom is -0.379 e. The summed E-state index contributed by atoms with van der Waals surface area (Å²) in [6.07, 6.45) is 5.87. The van der Waals surface area contributed by atoms with Crippen LogP contribution in [0, 0.1) is 0 Å². The van der Waals surface area contributed by atoms with E-state index in [4.69, 9.17) is 9.73 Å². The van der Waals surface area contributed by atoms with E-state index in [1.165, 1.54) is 6.33 Å². The molecule has 1 fully saturated rings. The molecule has 1 aliphatic rings. The van der Waals surface area contributed by atoms with Crippen LogP contribution in [0.25, 0.3) is 0 Å². The minimum atomic E-state index is -1.11. The summed E-state index contributed by atoms with van der Waals surface area (Å²) < 4.78 is 17.3. The molecule has 9 heteroatoms. The summed E-state index contributed by atoms with van der Waals surface area (Å²) in [4.78, 5) is 18.4. The van der Waals surface area contributed by atoms with Gasteiger partial charge in [-0.15, -0.1) is 0 Å². The second kappa shape index (κ2) is 9.76. The fourth-order valence-electron chi connectivity index (χ4n) is 3.24. The summed E-state index contributed by atoms with van der Waals surface area (Å²) in [6.45, 7) is 3.46. The van der Waals surface area contributed by atoms with Crippen LogP contribution in [0.2, 0.25) is 0 Å². The van der Waals surface area contributed by atoms with Gasteiger partial charge in [0.15, 0.2) is 0 Å². The van der Waals surface area contributed by atoms with Crippen LogP contribution in [0.1, 0.15) is 18.9 Å². The number of ether oxygens (including phenoxy) is 1. The van der Waals surface area contributed by atoms with Gasteiger partial charge in [-0.25, -0.2) is 15.0 Å². The van der Waals surface area contributed by atoms with E-state index < -0.39 is 10.8 Å². The number of pyridine rings is 1. The minimum absolute atomic E-state index is 0.236. The second-order valence-electron chi connectivity index (χ2n) is 7.15. The third-order valence-electron chi connectivity index (χ3n) is 4.85. The van der Waals surface area contributed by atoms with Crippen LogP contribution in [0.4, 0.5) is 23.1 Å². The van der Waals surface area contributed by atoms with Crippen LogP contribution in [-0.2, 0) is 15.5 Å². The molecule has 1 aliphatic heterocycles. The molecule has 0 bridgehead atoms. The number of hydrogen-bond acceptors (Lipinski definition) is 8. The van der Waals surface area contributed by atoms with Crippen LogP contribution >= 0.6 is 0 Å². The van der Waals surface area contributed by atoms with Gasteiger partial charge >= 0.3 is 0 Å². The van der Waals surface area contributed by atoms with E-state index in [1.54, 1.807) is 18.5 Å². The van der Waals surface area contributed by atoms with Crippen molar-refractivity contribution in [3.63, 3.8) is 0 Å². The number of aliphatic imine (C=N–C) groups is 1. The van der Waals surface area contributed by atoms with E-state index in [2.05, 4.69) is 25.6 Å². The maximum absolute atomic E-state index is 11.9. The average molecular weight is 437 g/mol. The Balaban J connectivity index is 1.45. The number of para-hydroxylation sites is 1. The van der Waals surface area contributed by atoms with Crippen molar-refractivity contribution in [1.82, 2.24) is 15.0 Å². The molecule has 4 rings (SSSR count). The Hall–Kier alpha value is -3.17. The quantitative estimate of drug-likeness (QED) is 0.545. The lowest BCUT2D eigenvalue weighted by Gasteiger charge is -2.11. The lowest BCUT2D eigenvalue weighted by atomic mass is 10.2. The molecule has 8 nitrogen and oxygen atoms in total. The van der Waals surface area contributed by atoms with Gasteiger partial charge < -0.3 is 15.4 Å². The summed E-state index contributed by atoms with van der Waals surface area (Å²) in [5, 5.41) is 6.39. The number of nitrogens with one attached hydrogen (secondary N) is 2. The maximum atomic E-state index is 11.9. The number of rotatable bonds is 7. The average Bonchev–Trinajstić information content (AvgIpc) is 3.28. The Morgan fingerprint density at radius 2 is 1.90 bits per heavy atom. The molecule has 160 valence electrons. The third-order valence-corrected chi connectivity index (χ3v) is 5.82. The molecule has 2 unspecified atom stereocenters. The van der Waals surface area contributed by atoms with Gasteiger partial charge in [-0.05, 0) is 37.6 Å². The smallest absolute Gasteiger partial charge is 0.137 e. The van der Waals surface area contributed by atoms with Crippen LogP contribution in [0.3, 0.4) is 0 Å². The molecule has 3 heterocycles. The van der Waals surface area contributed by atoms with Crippen molar-refractivity contribution in [2.75, 3.05) is 30.1 Å². The predicted octanol–water partition coefficient (Wildman–Crippen LogP) is 3.69. The summed E-state index contributed by atoms with van der Waals surface area (Å²) in [5.74, 6) is 1.86. The summed E-state index contributed by atoms with van der Waals surface area (Å²) >= 11 is 0. The van der Waals surface area contributed by atoms with E-state index in [0.29, 0.717) is 29.0 Å². The monoisotopic (exact) mass is 436 g/mol. The second-order valence-corrected chi connectivity index (χ2v) is 8.50.